The summed E-state index contributed by atoms with van der Waals surface area (Å²) in [5.74, 6) is -0.264. The van der Waals surface area contributed by atoms with E-state index in [2.05, 4.69) is 26.6 Å². The molecule has 9 heteroatoms. The standard InChI is InChI=1S/C20H19BrN2O6/c1-27-19(25)9-15(12-2-5-14(21)6-3-12)23-18(24)10-22-20(26)13-4-7-16-17(8-13)29-11-28-16/h2-8,15H,9-11H2,1H3,(H,22,26)(H,23,24). The van der Waals surface area contributed by atoms with Crippen molar-refractivity contribution < 1.29 is 28.6 Å². The quantitative estimate of drug-likeness (QED) is 0.612. The third-order valence-corrected chi connectivity index (χ3v) is 4.78. The lowest BCUT2D eigenvalue weighted by Crippen LogP contribution is -2.39. The second kappa shape index (κ2) is 9.42. The Hall–Kier alpha value is -3.07. The van der Waals surface area contributed by atoms with Crippen LogP contribution in [0.3, 0.4) is 0 Å². The van der Waals surface area contributed by atoms with Gasteiger partial charge in [0.2, 0.25) is 12.7 Å². The predicted molar refractivity (Wildman–Crippen MR) is 107 cm³/mol. The van der Waals surface area contributed by atoms with E-state index in [0.29, 0.717) is 17.1 Å². The van der Waals surface area contributed by atoms with Crippen molar-refractivity contribution in [3.63, 3.8) is 0 Å². The van der Waals surface area contributed by atoms with Gasteiger partial charge in [-0.25, -0.2) is 0 Å². The summed E-state index contributed by atoms with van der Waals surface area (Å²) in [5, 5.41) is 5.30. The lowest BCUT2D eigenvalue weighted by Gasteiger charge is -2.18. The van der Waals surface area contributed by atoms with Gasteiger partial charge in [0.25, 0.3) is 5.91 Å². The normalized spacial score (nSPS) is 12.8. The fourth-order valence-electron chi connectivity index (χ4n) is 2.74. The summed E-state index contributed by atoms with van der Waals surface area (Å²) in [5.41, 5.74) is 1.09. The summed E-state index contributed by atoms with van der Waals surface area (Å²) in [7, 11) is 1.29. The minimum absolute atomic E-state index is 0.0278. The molecule has 0 saturated heterocycles. The van der Waals surface area contributed by atoms with Gasteiger partial charge in [0, 0.05) is 10.0 Å². The molecule has 1 heterocycles. The average Bonchev–Trinajstić information content (AvgIpc) is 3.19. The molecule has 0 fully saturated rings. The molecule has 1 aliphatic heterocycles. The Morgan fingerprint density at radius 1 is 1.10 bits per heavy atom. The summed E-state index contributed by atoms with van der Waals surface area (Å²) in [4.78, 5) is 36.4. The maximum atomic E-state index is 12.4. The first-order chi connectivity index (χ1) is 14.0. The first-order valence-corrected chi connectivity index (χ1v) is 9.55. The molecule has 0 radical (unpaired) electrons. The van der Waals surface area contributed by atoms with Crippen LogP contribution in [0.5, 0.6) is 11.5 Å². The molecular weight excluding hydrogens is 444 g/mol. The third kappa shape index (κ3) is 5.47. The van der Waals surface area contributed by atoms with E-state index >= 15 is 0 Å². The molecule has 0 aliphatic carbocycles. The van der Waals surface area contributed by atoms with E-state index in [1.54, 1.807) is 30.3 Å². The monoisotopic (exact) mass is 462 g/mol. The highest BCUT2D eigenvalue weighted by atomic mass is 79.9. The highest BCUT2D eigenvalue weighted by Crippen LogP contribution is 2.32. The molecular formula is C20H19BrN2O6. The molecule has 29 heavy (non-hydrogen) atoms. The summed E-state index contributed by atoms with van der Waals surface area (Å²) in [6, 6.07) is 11.4. The average molecular weight is 463 g/mol. The van der Waals surface area contributed by atoms with E-state index < -0.39 is 23.8 Å². The van der Waals surface area contributed by atoms with Crippen LogP contribution in [0.1, 0.15) is 28.4 Å². The third-order valence-electron chi connectivity index (χ3n) is 4.25. The van der Waals surface area contributed by atoms with Crippen LogP contribution in [0.4, 0.5) is 0 Å². The van der Waals surface area contributed by atoms with Crippen LogP contribution in [-0.4, -0.2) is 38.2 Å². The largest absolute Gasteiger partial charge is 0.469 e. The van der Waals surface area contributed by atoms with E-state index in [0.717, 1.165) is 10.0 Å². The van der Waals surface area contributed by atoms with Crippen molar-refractivity contribution in [2.45, 2.75) is 12.5 Å². The summed E-state index contributed by atoms with van der Waals surface area (Å²) in [6.45, 7) is -0.137. The zero-order valence-electron chi connectivity index (χ0n) is 15.6. The zero-order valence-corrected chi connectivity index (χ0v) is 17.2. The van der Waals surface area contributed by atoms with Gasteiger partial charge in [-0.1, -0.05) is 28.1 Å². The molecule has 2 aromatic rings. The van der Waals surface area contributed by atoms with Crippen LogP contribution in [0.25, 0.3) is 0 Å². The number of amides is 2. The number of methoxy groups -OCH3 is 1. The Labute approximate surface area is 175 Å². The summed E-state index contributed by atoms with van der Waals surface area (Å²) < 4.78 is 16.0. The van der Waals surface area contributed by atoms with E-state index in [4.69, 9.17) is 14.2 Å². The number of benzene rings is 2. The van der Waals surface area contributed by atoms with Crippen LogP contribution in [0.2, 0.25) is 0 Å². The molecule has 2 N–H and O–H groups in total. The Morgan fingerprint density at radius 3 is 2.55 bits per heavy atom. The Kier molecular flexibility index (Phi) is 6.71. The van der Waals surface area contributed by atoms with E-state index in [1.807, 2.05) is 12.1 Å². The molecule has 152 valence electrons. The number of ether oxygens (including phenoxy) is 3. The molecule has 0 spiro atoms. The number of fused-ring (bicyclic) bond motifs is 1. The number of nitrogens with one attached hydrogen (secondary N) is 2. The van der Waals surface area contributed by atoms with Crippen LogP contribution in [-0.2, 0) is 14.3 Å². The number of hydrogen-bond acceptors (Lipinski definition) is 6. The Balaban J connectivity index is 1.59. The van der Waals surface area contributed by atoms with Crippen molar-refractivity contribution >= 4 is 33.7 Å². The SMILES string of the molecule is COC(=O)CC(NC(=O)CNC(=O)c1ccc2c(c1)OCO2)c1ccc(Br)cc1. The zero-order chi connectivity index (χ0) is 20.8. The van der Waals surface area contributed by atoms with E-state index in [9.17, 15) is 14.4 Å². The Morgan fingerprint density at radius 2 is 1.83 bits per heavy atom. The van der Waals surface area contributed by atoms with Gasteiger partial charge in [-0.2, -0.15) is 0 Å². The van der Waals surface area contributed by atoms with Crippen molar-refractivity contribution in [1.82, 2.24) is 10.6 Å². The van der Waals surface area contributed by atoms with Crippen molar-refractivity contribution in [2.75, 3.05) is 20.4 Å². The fraction of sp³-hybridized carbons (Fsp3) is 0.250. The lowest BCUT2D eigenvalue weighted by atomic mass is 10.0. The maximum absolute atomic E-state index is 12.4. The van der Waals surface area contributed by atoms with Crippen molar-refractivity contribution in [2.24, 2.45) is 0 Å². The molecule has 1 atom stereocenters. The highest BCUT2D eigenvalue weighted by molar-refractivity contribution is 9.10. The van der Waals surface area contributed by atoms with Crippen molar-refractivity contribution in [3.05, 3.63) is 58.1 Å². The fourth-order valence-corrected chi connectivity index (χ4v) is 3.01. The topological polar surface area (TPSA) is 103 Å². The highest BCUT2D eigenvalue weighted by Gasteiger charge is 2.20. The molecule has 2 aromatic carbocycles. The summed E-state index contributed by atoms with van der Waals surface area (Å²) in [6.07, 6.45) is -0.0278. The molecule has 3 rings (SSSR count). The van der Waals surface area contributed by atoms with Gasteiger partial charge in [-0.3, -0.25) is 14.4 Å². The van der Waals surface area contributed by atoms with E-state index in [-0.39, 0.29) is 19.8 Å². The molecule has 0 aromatic heterocycles. The number of carbonyl (C=O) groups is 3. The Bertz CT molecular complexity index is 916. The number of esters is 1. The van der Waals surface area contributed by atoms with Gasteiger partial charge in [0.15, 0.2) is 11.5 Å². The van der Waals surface area contributed by atoms with Gasteiger partial charge in [0.05, 0.1) is 26.1 Å². The van der Waals surface area contributed by atoms with E-state index in [1.165, 1.54) is 7.11 Å². The van der Waals surface area contributed by atoms with Crippen molar-refractivity contribution in [3.8, 4) is 11.5 Å². The summed E-state index contributed by atoms with van der Waals surface area (Å²) >= 11 is 3.35. The minimum atomic E-state index is -0.578. The van der Waals surface area contributed by atoms with Gasteiger partial charge < -0.3 is 24.8 Å². The van der Waals surface area contributed by atoms with Gasteiger partial charge in [-0.15, -0.1) is 0 Å². The molecule has 0 bridgehead atoms. The minimum Gasteiger partial charge on any atom is -0.469 e. The molecule has 1 unspecified atom stereocenters. The molecule has 2 amide bonds. The van der Waals surface area contributed by atoms with Gasteiger partial charge >= 0.3 is 5.97 Å². The number of carbonyl (C=O) groups excluding carboxylic acids is 3. The van der Waals surface area contributed by atoms with Crippen LogP contribution in [0, 0.1) is 0 Å². The van der Waals surface area contributed by atoms with Crippen LogP contribution < -0.4 is 20.1 Å². The second-order valence-electron chi connectivity index (χ2n) is 6.20. The second-order valence-corrected chi connectivity index (χ2v) is 7.12. The van der Waals surface area contributed by atoms with Gasteiger partial charge in [0.1, 0.15) is 0 Å². The van der Waals surface area contributed by atoms with Crippen molar-refractivity contribution in [1.29, 1.82) is 0 Å². The van der Waals surface area contributed by atoms with Gasteiger partial charge in [-0.05, 0) is 35.9 Å². The number of halogens is 1. The maximum Gasteiger partial charge on any atom is 0.307 e. The number of hydrogen-bond donors (Lipinski definition) is 2. The first-order valence-electron chi connectivity index (χ1n) is 8.75. The first kappa shape index (κ1) is 20.7. The number of rotatable bonds is 7. The smallest absolute Gasteiger partial charge is 0.307 e. The predicted octanol–water partition coefficient (Wildman–Crippen LogP) is 2.33. The van der Waals surface area contributed by atoms with Crippen LogP contribution in [0.15, 0.2) is 46.9 Å². The lowest BCUT2D eigenvalue weighted by molar-refractivity contribution is -0.141. The molecule has 8 nitrogen and oxygen atoms in total. The molecule has 0 saturated carbocycles. The van der Waals surface area contributed by atoms with Crippen LogP contribution >= 0.6 is 15.9 Å². The molecule has 1 aliphatic rings.